The van der Waals surface area contributed by atoms with Crippen LogP contribution in [-0.4, -0.2) is 11.2 Å². The maximum absolute atomic E-state index is 8.94. The van der Waals surface area contributed by atoms with Crippen LogP contribution in [-0.2, 0) is 0 Å². The molecule has 1 nitrogen and oxygen atoms in total. The number of rotatable bonds is 2. The van der Waals surface area contributed by atoms with Crippen LogP contribution in [0.15, 0.2) is 22.0 Å². The molecule has 1 N–H and O–H groups in total. The lowest BCUT2D eigenvalue weighted by molar-refractivity contribution is 0.245. The van der Waals surface area contributed by atoms with Crippen LogP contribution in [0.25, 0.3) is 6.08 Å². The normalized spacial score (nSPS) is 14.1. The van der Waals surface area contributed by atoms with Crippen molar-refractivity contribution in [1.29, 1.82) is 0 Å². The fourth-order valence-electron chi connectivity index (χ4n) is 0.651. The van der Waals surface area contributed by atoms with Gasteiger partial charge in [0, 0.05) is 9.35 Å². The van der Waals surface area contributed by atoms with Gasteiger partial charge in [0.05, 0.1) is 6.10 Å². The molecule has 0 spiro atoms. The summed E-state index contributed by atoms with van der Waals surface area (Å²) >= 11 is 5.04. The van der Waals surface area contributed by atoms with Gasteiger partial charge in [0.2, 0.25) is 0 Å². The van der Waals surface area contributed by atoms with E-state index in [4.69, 9.17) is 5.11 Å². The number of hydrogen-bond donors (Lipinski definition) is 1. The first kappa shape index (κ1) is 8.97. The van der Waals surface area contributed by atoms with Crippen LogP contribution >= 0.6 is 27.3 Å². The van der Waals surface area contributed by atoms with E-state index in [1.54, 1.807) is 24.3 Å². The number of hydrogen-bond acceptors (Lipinski definition) is 2. The molecule has 0 aliphatic carbocycles. The van der Waals surface area contributed by atoms with E-state index in [1.165, 1.54) is 0 Å². The Morgan fingerprint density at radius 1 is 1.73 bits per heavy atom. The van der Waals surface area contributed by atoms with Crippen LogP contribution in [0.5, 0.6) is 0 Å². The highest BCUT2D eigenvalue weighted by Crippen LogP contribution is 2.23. The SMILES string of the molecule is CC(O)/C=C/c1sccc1Br. The van der Waals surface area contributed by atoms with Crippen molar-refractivity contribution in [3.05, 3.63) is 26.9 Å². The van der Waals surface area contributed by atoms with Crippen molar-refractivity contribution in [1.82, 2.24) is 0 Å². The van der Waals surface area contributed by atoms with Crippen molar-refractivity contribution in [2.75, 3.05) is 0 Å². The topological polar surface area (TPSA) is 20.2 Å². The van der Waals surface area contributed by atoms with Crippen molar-refractivity contribution in [3.8, 4) is 0 Å². The zero-order valence-electron chi connectivity index (χ0n) is 6.12. The summed E-state index contributed by atoms with van der Waals surface area (Å²) in [7, 11) is 0. The summed E-state index contributed by atoms with van der Waals surface area (Å²) in [6.45, 7) is 1.73. The first-order chi connectivity index (χ1) is 5.20. The van der Waals surface area contributed by atoms with Crippen molar-refractivity contribution >= 4 is 33.3 Å². The van der Waals surface area contributed by atoms with Crippen LogP contribution in [0.1, 0.15) is 11.8 Å². The lowest BCUT2D eigenvalue weighted by atomic mass is 10.3. The van der Waals surface area contributed by atoms with Crippen molar-refractivity contribution in [2.24, 2.45) is 0 Å². The monoisotopic (exact) mass is 232 g/mol. The molecule has 1 unspecified atom stereocenters. The minimum Gasteiger partial charge on any atom is -0.389 e. The minimum absolute atomic E-state index is 0.371. The van der Waals surface area contributed by atoms with Gasteiger partial charge in [0.1, 0.15) is 0 Å². The molecule has 0 fully saturated rings. The van der Waals surface area contributed by atoms with Crippen LogP contribution in [0, 0.1) is 0 Å². The third-order valence-corrected chi connectivity index (χ3v) is 3.01. The molecule has 3 heteroatoms. The molecule has 0 radical (unpaired) electrons. The Bertz CT molecular complexity index is 252. The van der Waals surface area contributed by atoms with E-state index in [2.05, 4.69) is 15.9 Å². The van der Waals surface area contributed by atoms with Gasteiger partial charge in [0.15, 0.2) is 0 Å². The fraction of sp³-hybridized carbons (Fsp3) is 0.250. The van der Waals surface area contributed by atoms with E-state index in [0.717, 1.165) is 9.35 Å². The first-order valence-electron chi connectivity index (χ1n) is 3.29. The van der Waals surface area contributed by atoms with E-state index >= 15 is 0 Å². The molecule has 1 aromatic rings. The highest BCUT2D eigenvalue weighted by Gasteiger charge is 1.95. The molecule has 1 heterocycles. The molecular weight excluding hydrogens is 224 g/mol. The minimum atomic E-state index is -0.371. The highest BCUT2D eigenvalue weighted by atomic mass is 79.9. The second-order valence-electron chi connectivity index (χ2n) is 2.23. The molecule has 0 aliphatic heterocycles. The Kier molecular flexibility index (Phi) is 3.30. The van der Waals surface area contributed by atoms with Gasteiger partial charge in [-0.05, 0) is 40.4 Å². The van der Waals surface area contributed by atoms with Crippen LogP contribution in [0.3, 0.4) is 0 Å². The van der Waals surface area contributed by atoms with Crippen molar-refractivity contribution in [2.45, 2.75) is 13.0 Å². The van der Waals surface area contributed by atoms with E-state index in [9.17, 15) is 0 Å². The second-order valence-corrected chi connectivity index (χ2v) is 4.03. The van der Waals surface area contributed by atoms with Crippen LogP contribution < -0.4 is 0 Å². The standard InChI is InChI=1S/C8H9BrOS/c1-6(10)2-3-8-7(9)4-5-11-8/h2-6,10H,1H3/b3-2+. The maximum Gasteiger partial charge on any atom is 0.0696 e. The van der Waals surface area contributed by atoms with E-state index in [-0.39, 0.29) is 6.10 Å². The zero-order chi connectivity index (χ0) is 8.27. The molecule has 0 saturated carbocycles. The van der Waals surface area contributed by atoms with Gasteiger partial charge >= 0.3 is 0 Å². The largest absolute Gasteiger partial charge is 0.389 e. The molecule has 11 heavy (non-hydrogen) atoms. The molecule has 0 aliphatic rings. The Balaban J connectivity index is 2.71. The zero-order valence-corrected chi connectivity index (χ0v) is 8.52. The van der Waals surface area contributed by atoms with E-state index < -0.39 is 0 Å². The predicted octanol–water partition coefficient (Wildman–Crippen LogP) is 2.90. The molecule has 1 aromatic heterocycles. The Hall–Kier alpha value is -0.120. The highest BCUT2D eigenvalue weighted by molar-refractivity contribution is 9.10. The van der Waals surface area contributed by atoms with Crippen molar-refractivity contribution < 1.29 is 5.11 Å². The molecule has 1 rings (SSSR count). The first-order valence-corrected chi connectivity index (χ1v) is 4.96. The summed E-state index contributed by atoms with van der Waals surface area (Å²) in [6.07, 6.45) is 3.31. The van der Waals surface area contributed by atoms with Gasteiger partial charge in [-0.3, -0.25) is 0 Å². The van der Waals surface area contributed by atoms with Gasteiger partial charge in [-0.25, -0.2) is 0 Å². The number of aliphatic hydroxyl groups excluding tert-OH is 1. The predicted molar refractivity (Wildman–Crippen MR) is 52.7 cm³/mol. The maximum atomic E-state index is 8.94. The van der Waals surface area contributed by atoms with Crippen LogP contribution in [0.2, 0.25) is 0 Å². The summed E-state index contributed by atoms with van der Waals surface area (Å²) in [5.41, 5.74) is 0. The smallest absolute Gasteiger partial charge is 0.0696 e. The van der Waals surface area contributed by atoms with Crippen LogP contribution in [0.4, 0.5) is 0 Å². The molecule has 1 atom stereocenters. The molecule has 0 saturated heterocycles. The number of halogens is 1. The number of aliphatic hydroxyl groups is 1. The molecule has 0 aromatic carbocycles. The third kappa shape index (κ3) is 2.77. The lowest BCUT2D eigenvalue weighted by Crippen LogP contribution is -1.90. The quantitative estimate of drug-likeness (QED) is 0.832. The summed E-state index contributed by atoms with van der Waals surface area (Å²) in [6, 6.07) is 1.99. The lowest BCUT2D eigenvalue weighted by Gasteiger charge is -1.92. The average Bonchev–Trinajstić information content (AvgIpc) is 2.31. The molecule has 0 amide bonds. The van der Waals surface area contributed by atoms with Gasteiger partial charge in [-0.1, -0.05) is 6.08 Å². The van der Waals surface area contributed by atoms with E-state index in [1.807, 2.05) is 17.5 Å². The second kappa shape index (κ2) is 4.04. The molecule has 0 bridgehead atoms. The summed E-state index contributed by atoms with van der Waals surface area (Å²) in [5.74, 6) is 0. The number of thiophene rings is 1. The molecular formula is C8H9BrOS. The summed E-state index contributed by atoms with van der Waals surface area (Å²) in [4.78, 5) is 1.14. The average molecular weight is 233 g/mol. The van der Waals surface area contributed by atoms with Gasteiger partial charge in [-0.15, -0.1) is 11.3 Å². The van der Waals surface area contributed by atoms with E-state index in [0.29, 0.717) is 0 Å². The third-order valence-electron chi connectivity index (χ3n) is 1.17. The summed E-state index contributed by atoms with van der Waals surface area (Å²) < 4.78 is 1.08. The summed E-state index contributed by atoms with van der Waals surface area (Å²) in [5, 5.41) is 11.0. The van der Waals surface area contributed by atoms with Crippen molar-refractivity contribution in [3.63, 3.8) is 0 Å². The molecule has 60 valence electrons. The Labute approximate surface area is 78.5 Å². The van der Waals surface area contributed by atoms with Gasteiger partial charge in [-0.2, -0.15) is 0 Å². The Morgan fingerprint density at radius 3 is 2.91 bits per heavy atom. The van der Waals surface area contributed by atoms with Gasteiger partial charge in [0.25, 0.3) is 0 Å². The Morgan fingerprint density at radius 2 is 2.45 bits per heavy atom. The fourth-order valence-corrected chi connectivity index (χ4v) is 2.06. The van der Waals surface area contributed by atoms with Gasteiger partial charge < -0.3 is 5.11 Å².